The molecule has 1 N–H and O–H groups in total. The van der Waals surface area contributed by atoms with Gasteiger partial charge in [-0.05, 0) is 56.0 Å². The number of carbonyl (C=O) groups excluding carboxylic acids is 1. The molecule has 140 valence electrons. The van der Waals surface area contributed by atoms with Gasteiger partial charge < -0.3 is 14.5 Å². The van der Waals surface area contributed by atoms with Gasteiger partial charge >= 0.3 is 0 Å². The van der Waals surface area contributed by atoms with Gasteiger partial charge in [-0.25, -0.2) is 4.39 Å². The summed E-state index contributed by atoms with van der Waals surface area (Å²) in [5, 5.41) is 3.30. The van der Waals surface area contributed by atoms with Gasteiger partial charge in [0, 0.05) is 18.0 Å². The molecule has 0 spiro atoms. The van der Waals surface area contributed by atoms with Crippen molar-refractivity contribution >= 4 is 22.9 Å². The second kappa shape index (κ2) is 7.02. The first-order chi connectivity index (χ1) is 13.0. The number of carbonyl (C=O) groups is 1. The number of nitrogens with zero attached hydrogens (tertiary/aromatic N) is 1. The first-order valence-electron chi connectivity index (χ1n) is 9.05. The van der Waals surface area contributed by atoms with Crippen molar-refractivity contribution in [3.8, 4) is 5.75 Å². The number of ketones is 1. The molecule has 1 unspecified atom stereocenters. The van der Waals surface area contributed by atoms with Crippen molar-refractivity contribution in [3.63, 3.8) is 0 Å². The molecule has 0 amide bonds. The van der Waals surface area contributed by atoms with E-state index in [0.29, 0.717) is 18.0 Å². The highest BCUT2D eigenvalue weighted by Gasteiger charge is 2.32. The Balaban J connectivity index is 1.45. The Morgan fingerprint density at radius 3 is 2.93 bits per heavy atom. The van der Waals surface area contributed by atoms with Crippen molar-refractivity contribution in [2.45, 2.75) is 32.2 Å². The number of anilines is 1. The van der Waals surface area contributed by atoms with Gasteiger partial charge in [-0.15, -0.1) is 0 Å². The maximum atomic E-state index is 13.4. The molecular formula is C21H21FN2O3. The van der Waals surface area contributed by atoms with Gasteiger partial charge in [0.15, 0.2) is 11.4 Å². The van der Waals surface area contributed by atoms with Gasteiger partial charge in [-0.2, -0.15) is 4.98 Å². The van der Waals surface area contributed by atoms with Crippen molar-refractivity contribution in [2.75, 3.05) is 12.4 Å². The first kappa shape index (κ1) is 17.5. The first-order valence-corrected chi connectivity index (χ1v) is 9.05. The lowest BCUT2D eigenvalue weighted by Crippen LogP contribution is -2.18. The largest absolute Gasteiger partial charge is 0.496 e. The van der Waals surface area contributed by atoms with Crippen LogP contribution in [0.1, 0.15) is 35.2 Å². The molecule has 1 heterocycles. The number of aryl methyl sites for hydroxylation is 1. The molecule has 2 aromatic carbocycles. The summed E-state index contributed by atoms with van der Waals surface area (Å²) in [7, 11) is 1.44. The minimum absolute atomic E-state index is 0.00987. The van der Waals surface area contributed by atoms with Crippen LogP contribution in [0.4, 0.5) is 10.4 Å². The van der Waals surface area contributed by atoms with Gasteiger partial charge in [0.25, 0.3) is 6.01 Å². The number of hydrogen-bond donors (Lipinski definition) is 1. The lowest BCUT2D eigenvalue weighted by atomic mass is 9.95. The predicted octanol–water partition coefficient (Wildman–Crippen LogP) is 4.75. The van der Waals surface area contributed by atoms with E-state index in [-0.39, 0.29) is 23.5 Å². The molecule has 3 aromatic rings. The molecule has 2 atom stereocenters. The number of benzene rings is 2. The number of ether oxygens (including phenoxy) is 1. The fourth-order valence-corrected chi connectivity index (χ4v) is 3.71. The maximum Gasteiger partial charge on any atom is 0.295 e. The summed E-state index contributed by atoms with van der Waals surface area (Å²) in [4.78, 5) is 17.3. The minimum Gasteiger partial charge on any atom is -0.496 e. The normalized spacial score (nSPS) is 19.4. The van der Waals surface area contributed by atoms with Crippen LogP contribution < -0.4 is 10.1 Å². The Kier molecular flexibility index (Phi) is 4.56. The molecule has 1 aromatic heterocycles. The van der Waals surface area contributed by atoms with Crippen LogP contribution in [0.2, 0.25) is 0 Å². The van der Waals surface area contributed by atoms with Crippen molar-refractivity contribution in [3.05, 3.63) is 53.3 Å². The van der Waals surface area contributed by atoms with Crippen LogP contribution in [0.5, 0.6) is 5.75 Å². The van der Waals surface area contributed by atoms with E-state index in [2.05, 4.69) is 10.3 Å². The third-order valence-electron chi connectivity index (χ3n) is 5.10. The third-order valence-corrected chi connectivity index (χ3v) is 5.10. The third kappa shape index (κ3) is 3.52. The summed E-state index contributed by atoms with van der Waals surface area (Å²) in [6, 6.07) is 10.5. The summed E-state index contributed by atoms with van der Waals surface area (Å²) >= 11 is 0. The molecule has 0 bridgehead atoms. The minimum atomic E-state index is -0.416. The zero-order chi connectivity index (χ0) is 19.0. The molecule has 0 radical (unpaired) electrons. The number of oxazole rings is 1. The highest BCUT2D eigenvalue weighted by atomic mass is 19.1. The van der Waals surface area contributed by atoms with Crippen LogP contribution >= 0.6 is 0 Å². The lowest BCUT2D eigenvalue weighted by Gasteiger charge is -2.13. The monoisotopic (exact) mass is 368 g/mol. The van der Waals surface area contributed by atoms with Crippen LogP contribution in [0.3, 0.4) is 0 Å². The molecule has 0 aliphatic heterocycles. The Hall–Kier alpha value is -2.89. The van der Waals surface area contributed by atoms with Gasteiger partial charge in [0.05, 0.1) is 12.7 Å². The molecule has 1 aliphatic carbocycles. The number of nitrogens with one attached hydrogen (secondary N) is 1. The van der Waals surface area contributed by atoms with Crippen LogP contribution in [0, 0.1) is 18.7 Å². The molecule has 1 fully saturated rings. The van der Waals surface area contributed by atoms with Crippen molar-refractivity contribution < 1.29 is 18.3 Å². The fourth-order valence-electron chi connectivity index (χ4n) is 3.71. The number of methoxy groups -OCH3 is 1. The van der Waals surface area contributed by atoms with Gasteiger partial charge in [-0.3, -0.25) is 4.79 Å². The van der Waals surface area contributed by atoms with Gasteiger partial charge in [-0.1, -0.05) is 6.07 Å². The number of halogens is 1. The zero-order valence-electron chi connectivity index (χ0n) is 15.3. The number of fused-ring (bicyclic) bond motifs is 1. The van der Waals surface area contributed by atoms with E-state index < -0.39 is 5.82 Å². The Morgan fingerprint density at radius 1 is 1.26 bits per heavy atom. The Bertz CT molecular complexity index is 998. The summed E-state index contributed by atoms with van der Waals surface area (Å²) in [6.07, 6.45) is 2.28. The van der Waals surface area contributed by atoms with Crippen LogP contribution in [0.15, 0.2) is 40.8 Å². The smallest absolute Gasteiger partial charge is 0.295 e. The highest BCUT2D eigenvalue weighted by Crippen LogP contribution is 2.33. The number of aromatic nitrogens is 1. The summed E-state index contributed by atoms with van der Waals surface area (Å²) in [5.74, 6) is -0.274. The van der Waals surface area contributed by atoms with Crippen molar-refractivity contribution in [2.24, 2.45) is 5.92 Å². The van der Waals surface area contributed by atoms with E-state index in [4.69, 9.17) is 9.15 Å². The quantitative estimate of drug-likeness (QED) is 0.659. The van der Waals surface area contributed by atoms with E-state index in [0.717, 1.165) is 29.5 Å². The van der Waals surface area contributed by atoms with Crippen LogP contribution in [-0.2, 0) is 0 Å². The summed E-state index contributed by atoms with van der Waals surface area (Å²) in [5.41, 5.74) is 3.11. The average Bonchev–Trinajstić information content (AvgIpc) is 3.27. The number of Topliss-reactive ketones (excluding diaryl/α,β-unsaturated/α-hetero) is 1. The standard InChI is InChI=1S/C21H21FN2O3/c1-12-3-8-17-19(9-12)27-21(24-17)23-15-6-4-13(10-15)20(25)16-7-5-14(22)11-18(16)26-2/h3,5,7-9,11,13,15H,4,6,10H2,1-2H3,(H,23,24)/t13?,15-/m1/s1. The second-order valence-corrected chi connectivity index (χ2v) is 7.05. The van der Waals surface area contributed by atoms with E-state index in [1.807, 2.05) is 25.1 Å². The van der Waals surface area contributed by atoms with Gasteiger partial charge in [0.2, 0.25) is 0 Å². The molecule has 0 saturated heterocycles. The van der Waals surface area contributed by atoms with Crippen molar-refractivity contribution in [1.82, 2.24) is 4.98 Å². The summed E-state index contributed by atoms with van der Waals surface area (Å²) in [6.45, 7) is 2.01. The predicted molar refractivity (Wildman–Crippen MR) is 101 cm³/mol. The zero-order valence-corrected chi connectivity index (χ0v) is 15.3. The maximum absolute atomic E-state index is 13.4. The van der Waals surface area contributed by atoms with Crippen LogP contribution in [0.25, 0.3) is 11.1 Å². The fraction of sp³-hybridized carbons (Fsp3) is 0.333. The van der Waals surface area contributed by atoms with Crippen molar-refractivity contribution in [1.29, 1.82) is 0 Å². The number of rotatable bonds is 5. The number of hydrogen-bond acceptors (Lipinski definition) is 5. The molecule has 27 heavy (non-hydrogen) atoms. The van der Waals surface area contributed by atoms with E-state index in [1.165, 1.54) is 25.3 Å². The molecule has 4 rings (SSSR count). The average molecular weight is 368 g/mol. The molecule has 6 heteroatoms. The van der Waals surface area contributed by atoms with Crippen LogP contribution in [-0.4, -0.2) is 23.9 Å². The van der Waals surface area contributed by atoms with E-state index in [1.54, 1.807) is 0 Å². The molecule has 1 aliphatic rings. The molecule has 5 nitrogen and oxygen atoms in total. The highest BCUT2D eigenvalue weighted by molar-refractivity contribution is 6.00. The molecular weight excluding hydrogens is 347 g/mol. The van der Waals surface area contributed by atoms with Gasteiger partial charge in [0.1, 0.15) is 17.1 Å². The Morgan fingerprint density at radius 2 is 2.11 bits per heavy atom. The topological polar surface area (TPSA) is 64.4 Å². The molecule has 1 saturated carbocycles. The van der Waals surface area contributed by atoms with E-state index in [9.17, 15) is 9.18 Å². The Labute approximate surface area is 156 Å². The summed E-state index contributed by atoms with van der Waals surface area (Å²) < 4.78 is 24.3. The van der Waals surface area contributed by atoms with E-state index >= 15 is 0 Å². The second-order valence-electron chi connectivity index (χ2n) is 7.05. The lowest BCUT2D eigenvalue weighted by molar-refractivity contribution is 0.0919. The SMILES string of the molecule is COc1cc(F)ccc1C(=O)C1CC[C@@H](Nc2nc3ccc(C)cc3o2)C1.